The van der Waals surface area contributed by atoms with Gasteiger partial charge in [0.05, 0.1) is 27.0 Å². The molecule has 3 aromatic rings. The van der Waals surface area contributed by atoms with Gasteiger partial charge < -0.3 is 10.2 Å². The predicted octanol–water partition coefficient (Wildman–Crippen LogP) is 5.45. The van der Waals surface area contributed by atoms with Gasteiger partial charge in [0, 0.05) is 25.0 Å². The van der Waals surface area contributed by atoms with Crippen molar-refractivity contribution in [3.63, 3.8) is 0 Å². The molecule has 3 rings (SSSR count). The number of nitrogens with zero attached hydrogens (tertiary/aromatic N) is 2. The van der Waals surface area contributed by atoms with Gasteiger partial charge in [0.15, 0.2) is 0 Å². The van der Waals surface area contributed by atoms with Crippen LogP contribution in [0.3, 0.4) is 0 Å². The Hall–Kier alpha value is -2.49. The average molecular weight is 617 g/mol. The van der Waals surface area contributed by atoms with Crippen LogP contribution in [0.2, 0.25) is 20.1 Å². The molecule has 0 saturated heterocycles. The van der Waals surface area contributed by atoms with Crippen LogP contribution in [0, 0.1) is 0 Å². The topological polar surface area (TPSA) is 86.8 Å². The summed E-state index contributed by atoms with van der Waals surface area (Å²) in [7, 11) is -2.55. The van der Waals surface area contributed by atoms with Crippen LogP contribution < -0.4 is 9.62 Å². The molecule has 7 nitrogen and oxygen atoms in total. The lowest BCUT2D eigenvalue weighted by Crippen LogP contribution is -2.53. The Labute approximate surface area is 242 Å². The highest BCUT2D eigenvalue weighted by atomic mass is 35.5. The van der Waals surface area contributed by atoms with Gasteiger partial charge in [0.25, 0.3) is 0 Å². The second kappa shape index (κ2) is 13.0. The van der Waals surface area contributed by atoms with Crippen molar-refractivity contribution in [1.82, 2.24) is 10.2 Å². The Balaban J connectivity index is 2.08. The van der Waals surface area contributed by atoms with Gasteiger partial charge in [-0.2, -0.15) is 0 Å². The molecule has 1 atom stereocenters. The summed E-state index contributed by atoms with van der Waals surface area (Å²) in [6.07, 6.45) is 1.13. The molecule has 12 heteroatoms. The fraction of sp³-hybridized carbons (Fsp3) is 0.231. The van der Waals surface area contributed by atoms with E-state index in [1.807, 2.05) is 30.3 Å². The first-order chi connectivity index (χ1) is 17.9. The van der Waals surface area contributed by atoms with Gasteiger partial charge in [-0.05, 0) is 29.3 Å². The highest BCUT2D eigenvalue weighted by Crippen LogP contribution is 2.35. The van der Waals surface area contributed by atoms with Crippen molar-refractivity contribution < 1.29 is 18.0 Å². The second-order valence-electron chi connectivity index (χ2n) is 8.42. The molecule has 0 unspecified atom stereocenters. The monoisotopic (exact) mass is 615 g/mol. The first-order valence-electron chi connectivity index (χ1n) is 11.3. The normalized spacial score (nSPS) is 12.1. The third-order valence-corrected chi connectivity index (χ3v) is 8.27. The molecule has 0 aromatic heterocycles. The zero-order valence-electron chi connectivity index (χ0n) is 20.5. The molecule has 0 spiro atoms. The second-order valence-corrected chi connectivity index (χ2v) is 12.0. The van der Waals surface area contributed by atoms with E-state index in [0.717, 1.165) is 16.1 Å². The van der Waals surface area contributed by atoms with Crippen LogP contribution in [0.5, 0.6) is 0 Å². The highest BCUT2D eigenvalue weighted by Gasteiger charge is 2.33. The molecule has 0 aliphatic heterocycles. The molecular weight excluding hydrogens is 592 g/mol. The Morgan fingerprint density at radius 2 is 1.47 bits per heavy atom. The molecule has 0 aliphatic rings. The van der Waals surface area contributed by atoms with Gasteiger partial charge in [-0.15, -0.1) is 0 Å². The summed E-state index contributed by atoms with van der Waals surface area (Å²) < 4.78 is 26.5. The van der Waals surface area contributed by atoms with Crippen LogP contribution in [0.1, 0.15) is 11.1 Å². The van der Waals surface area contributed by atoms with Crippen molar-refractivity contribution in [2.24, 2.45) is 0 Å². The molecule has 0 fully saturated rings. The smallest absolute Gasteiger partial charge is 0.244 e. The lowest BCUT2D eigenvalue weighted by Gasteiger charge is -2.33. The van der Waals surface area contributed by atoms with E-state index in [2.05, 4.69) is 5.32 Å². The Bertz CT molecular complexity index is 1420. The van der Waals surface area contributed by atoms with Crippen molar-refractivity contribution in [2.75, 3.05) is 24.2 Å². The molecule has 2 amide bonds. The third kappa shape index (κ3) is 7.55. The van der Waals surface area contributed by atoms with Crippen LogP contribution in [0.15, 0.2) is 66.7 Å². The first kappa shape index (κ1) is 30.1. The van der Waals surface area contributed by atoms with Crippen LogP contribution in [-0.4, -0.2) is 51.0 Å². The standard InChI is InChI=1S/C26H25Cl4N3O4S/c1-31-26(35)24(12-17-8-4-3-5-9-17)32(15-18-10-6-7-11-19(18)27)25(34)16-33(38(2,36)37)23-14-21(29)20(28)13-22(23)30/h3-11,13-14,24H,12,15-16H2,1-2H3,(H,31,35)/t24-/m1/s1. The van der Waals surface area contributed by atoms with Gasteiger partial charge in [-0.25, -0.2) is 8.42 Å². The van der Waals surface area contributed by atoms with Crippen molar-refractivity contribution in [3.05, 3.63) is 97.9 Å². The van der Waals surface area contributed by atoms with E-state index in [-0.39, 0.29) is 33.7 Å². The van der Waals surface area contributed by atoms with E-state index in [1.165, 1.54) is 24.1 Å². The van der Waals surface area contributed by atoms with Gasteiger partial charge >= 0.3 is 0 Å². The SMILES string of the molecule is CNC(=O)[C@@H](Cc1ccccc1)N(Cc1ccccc1Cl)C(=O)CN(c1cc(Cl)c(Cl)cc1Cl)S(C)(=O)=O. The molecule has 1 N–H and O–H groups in total. The van der Waals surface area contributed by atoms with Crippen LogP contribution >= 0.6 is 46.4 Å². The predicted molar refractivity (Wildman–Crippen MR) is 154 cm³/mol. The van der Waals surface area contributed by atoms with Gasteiger partial charge in [0.2, 0.25) is 21.8 Å². The highest BCUT2D eigenvalue weighted by molar-refractivity contribution is 7.92. The molecular formula is C26H25Cl4N3O4S. The minimum atomic E-state index is -4.02. The average Bonchev–Trinajstić information content (AvgIpc) is 2.87. The van der Waals surface area contributed by atoms with Crippen molar-refractivity contribution in [2.45, 2.75) is 19.0 Å². The quantitative estimate of drug-likeness (QED) is 0.307. The molecule has 0 heterocycles. The molecule has 38 heavy (non-hydrogen) atoms. The fourth-order valence-corrected chi connectivity index (χ4v) is 5.57. The molecule has 3 aromatic carbocycles. The summed E-state index contributed by atoms with van der Waals surface area (Å²) in [6.45, 7) is -0.695. The number of benzene rings is 3. The lowest BCUT2D eigenvalue weighted by molar-refractivity contribution is -0.139. The van der Waals surface area contributed by atoms with Crippen molar-refractivity contribution in [1.29, 1.82) is 0 Å². The maximum Gasteiger partial charge on any atom is 0.244 e. The number of nitrogens with one attached hydrogen (secondary N) is 1. The largest absolute Gasteiger partial charge is 0.357 e. The zero-order chi connectivity index (χ0) is 28.0. The van der Waals surface area contributed by atoms with Crippen molar-refractivity contribution in [3.8, 4) is 0 Å². The number of carbonyl (C=O) groups excluding carboxylic acids is 2. The first-order valence-corrected chi connectivity index (χ1v) is 14.7. The number of hydrogen-bond acceptors (Lipinski definition) is 4. The van der Waals surface area contributed by atoms with E-state index in [4.69, 9.17) is 46.4 Å². The van der Waals surface area contributed by atoms with Gasteiger partial charge in [-0.1, -0.05) is 94.9 Å². The molecule has 0 aliphatic carbocycles. The summed E-state index contributed by atoms with van der Waals surface area (Å²) >= 11 is 24.8. The van der Waals surface area contributed by atoms with E-state index in [0.29, 0.717) is 10.6 Å². The molecule has 202 valence electrons. The summed E-state index contributed by atoms with van der Waals surface area (Å²) in [6, 6.07) is 17.7. The van der Waals surface area contributed by atoms with Crippen molar-refractivity contribution >= 4 is 73.9 Å². The van der Waals surface area contributed by atoms with Crippen LogP contribution in [0.25, 0.3) is 0 Å². The summed E-state index contributed by atoms with van der Waals surface area (Å²) in [4.78, 5) is 28.3. The van der Waals surface area contributed by atoms with Gasteiger partial charge in [-0.3, -0.25) is 13.9 Å². The Morgan fingerprint density at radius 3 is 2.08 bits per heavy atom. The number of likely N-dealkylation sites (N-methyl/N-ethyl adjacent to an activating group) is 1. The molecule has 0 radical (unpaired) electrons. The van der Waals surface area contributed by atoms with E-state index < -0.39 is 34.4 Å². The number of carbonyl (C=O) groups is 2. The fourth-order valence-electron chi connectivity index (χ4n) is 3.83. The van der Waals surface area contributed by atoms with Crippen LogP contribution in [-0.2, 0) is 32.6 Å². The summed E-state index contributed by atoms with van der Waals surface area (Å²) in [5.41, 5.74) is 1.38. The zero-order valence-corrected chi connectivity index (χ0v) is 24.3. The summed E-state index contributed by atoms with van der Waals surface area (Å²) in [5, 5.41) is 3.18. The van der Waals surface area contributed by atoms with E-state index in [1.54, 1.807) is 24.3 Å². The lowest BCUT2D eigenvalue weighted by atomic mass is 10.0. The number of sulfonamides is 1. The number of rotatable bonds is 10. The minimum absolute atomic E-state index is 0.0117. The van der Waals surface area contributed by atoms with E-state index >= 15 is 0 Å². The van der Waals surface area contributed by atoms with Gasteiger partial charge in [0.1, 0.15) is 12.6 Å². The number of hydrogen-bond donors (Lipinski definition) is 1. The maximum atomic E-state index is 13.9. The summed E-state index contributed by atoms with van der Waals surface area (Å²) in [5.74, 6) is -1.07. The number of anilines is 1. The Morgan fingerprint density at radius 1 is 0.868 bits per heavy atom. The Kier molecular flexibility index (Phi) is 10.3. The van der Waals surface area contributed by atoms with Crippen LogP contribution in [0.4, 0.5) is 5.69 Å². The number of amides is 2. The number of halogens is 4. The molecule has 0 bridgehead atoms. The minimum Gasteiger partial charge on any atom is -0.357 e. The van der Waals surface area contributed by atoms with E-state index in [9.17, 15) is 18.0 Å². The maximum absolute atomic E-state index is 13.9. The molecule has 0 saturated carbocycles. The third-order valence-electron chi connectivity index (χ3n) is 5.75.